The fourth-order valence-corrected chi connectivity index (χ4v) is 2.49. The van der Waals surface area contributed by atoms with Crippen molar-refractivity contribution in [1.82, 2.24) is 4.72 Å². The fraction of sp³-hybridized carbons (Fsp3) is 0.333. The smallest absolute Gasteiger partial charge is 0.240 e. The van der Waals surface area contributed by atoms with Crippen molar-refractivity contribution in [2.75, 3.05) is 19.8 Å². The third-order valence-corrected chi connectivity index (χ3v) is 4.13. The molecule has 1 aromatic rings. The van der Waals surface area contributed by atoms with Crippen LogP contribution in [0.3, 0.4) is 0 Å². The molecule has 4 nitrogen and oxygen atoms in total. The van der Waals surface area contributed by atoms with E-state index in [0.29, 0.717) is 13.2 Å². The molecule has 0 saturated carbocycles. The molecule has 0 aliphatic heterocycles. The average molecular weight is 334 g/mol. The lowest BCUT2D eigenvalue weighted by Gasteiger charge is -2.07. The highest BCUT2D eigenvalue weighted by Crippen LogP contribution is 2.14. The van der Waals surface area contributed by atoms with Gasteiger partial charge >= 0.3 is 0 Å². The first kappa shape index (κ1) is 15.4. The molecule has 0 atom stereocenters. The molecule has 1 aromatic carbocycles. The number of hydrogen-bond acceptors (Lipinski definition) is 3. The van der Waals surface area contributed by atoms with Gasteiger partial charge in [-0.2, -0.15) is 0 Å². The van der Waals surface area contributed by atoms with Crippen LogP contribution in [0.4, 0.5) is 0 Å². The summed E-state index contributed by atoms with van der Waals surface area (Å²) in [5.41, 5.74) is 0. The fourth-order valence-electron chi connectivity index (χ4n) is 1.21. The molecule has 0 aliphatic carbocycles. The standard InChI is InChI=1S/C12H16BrNO3S/c1-2-3-9-17-10-8-14-18(15,16)12-6-4-11(13)5-7-12/h2,4-7,14H,1,3,8-10H2. The van der Waals surface area contributed by atoms with Crippen LogP contribution in [0, 0.1) is 0 Å². The molecule has 0 unspecified atom stereocenters. The summed E-state index contributed by atoms with van der Waals surface area (Å²) in [6, 6.07) is 6.47. The van der Waals surface area contributed by atoms with Crippen LogP contribution in [-0.4, -0.2) is 28.2 Å². The summed E-state index contributed by atoms with van der Waals surface area (Å²) in [5, 5.41) is 0. The molecule has 0 fully saturated rings. The number of benzene rings is 1. The zero-order valence-electron chi connectivity index (χ0n) is 9.93. The minimum atomic E-state index is -3.44. The van der Waals surface area contributed by atoms with E-state index in [2.05, 4.69) is 27.2 Å². The van der Waals surface area contributed by atoms with E-state index in [1.807, 2.05) is 0 Å². The Morgan fingerprint density at radius 3 is 2.56 bits per heavy atom. The van der Waals surface area contributed by atoms with Crippen LogP contribution in [0.1, 0.15) is 6.42 Å². The van der Waals surface area contributed by atoms with Crippen LogP contribution < -0.4 is 4.72 Å². The van der Waals surface area contributed by atoms with Gasteiger partial charge in [-0.1, -0.05) is 22.0 Å². The van der Waals surface area contributed by atoms with E-state index in [0.717, 1.165) is 10.9 Å². The van der Waals surface area contributed by atoms with Crippen LogP contribution in [0.25, 0.3) is 0 Å². The summed E-state index contributed by atoms with van der Waals surface area (Å²) in [7, 11) is -3.44. The number of hydrogen-bond donors (Lipinski definition) is 1. The van der Waals surface area contributed by atoms with E-state index in [4.69, 9.17) is 4.74 Å². The predicted octanol–water partition coefficient (Wildman–Crippen LogP) is 2.32. The van der Waals surface area contributed by atoms with E-state index >= 15 is 0 Å². The second-order valence-electron chi connectivity index (χ2n) is 3.54. The summed E-state index contributed by atoms with van der Waals surface area (Å²) < 4.78 is 32.2. The Hall–Kier alpha value is -0.690. The minimum absolute atomic E-state index is 0.247. The van der Waals surface area contributed by atoms with Crippen molar-refractivity contribution in [3.8, 4) is 0 Å². The van der Waals surface area contributed by atoms with Gasteiger partial charge in [0.25, 0.3) is 0 Å². The lowest BCUT2D eigenvalue weighted by Crippen LogP contribution is -2.27. The van der Waals surface area contributed by atoms with Crippen LogP contribution in [-0.2, 0) is 14.8 Å². The number of ether oxygens (including phenoxy) is 1. The van der Waals surface area contributed by atoms with Gasteiger partial charge in [0, 0.05) is 11.0 Å². The van der Waals surface area contributed by atoms with Crippen molar-refractivity contribution in [3.63, 3.8) is 0 Å². The predicted molar refractivity (Wildman–Crippen MR) is 75.0 cm³/mol. The summed E-state index contributed by atoms with van der Waals surface area (Å²) >= 11 is 3.26. The lowest BCUT2D eigenvalue weighted by atomic mass is 10.4. The van der Waals surface area contributed by atoms with Gasteiger partial charge < -0.3 is 4.74 Å². The van der Waals surface area contributed by atoms with Gasteiger partial charge in [-0.25, -0.2) is 13.1 Å². The molecule has 1 N–H and O–H groups in total. The Morgan fingerprint density at radius 1 is 1.28 bits per heavy atom. The first-order valence-corrected chi connectivity index (χ1v) is 7.78. The molecule has 1 rings (SSSR count). The molecular weight excluding hydrogens is 318 g/mol. The van der Waals surface area contributed by atoms with Gasteiger partial charge in [0.15, 0.2) is 0 Å². The molecule has 0 radical (unpaired) electrons. The molecule has 100 valence electrons. The Balaban J connectivity index is 2.40. The first-order chi connectivity index (χ1) is 8.56. The molecular formula is C12H16BrNO3S. The molecule has 0 bridgehead atoms. The minimum Gasteiger partial charge on any atom is -0.380 e. The Bertz CT molecular complexity index is 471. The summed E-state index contributed by atoms with van der Waals surface area (Å²) in [5.74, 6) is 0. The maximum Gasteiger partial charge on any atom is 0.240 e. The summed E-state index contributed by atoms with van der Waals surface area (Å²) in [4.78, 5) is 0.247. The first-order valence-electron chi connectivity index (χ1n) is 5.50. The summed E-state index contributed by atoms with van der Waals surface area (Å²) in [6.45, 7) is 4.74. The molecule has 0 saturated heterocycles. The number of sulfonamides is 1. The molecule has 18 heavy (non-hydrogen) atoms. The molecule has 0 aliphatic rings. The number of halogens is 1. The van der Waals surface area contributed by atoms with E-state index in [9.17, 15) is 8.42 Å². The van der Waals surface area contributed by atoms with Crippen molar-refractivity contribution in [2.45, 2.75) is 11.3 Å². The highest BCUT2D eigenvalue weighted by molar-refractivity contribution is 9.10. The van der Waals surface area contributed by atoms with Gasteiger partial charge in [-0.15, -0.1) is 6.58 Å². The highest BCUT2D eigenvalue weighted by atomic mass is 79.9. The van der Waals surface area contributed by atoms with Crippen LogP contribution >= 0.6 is 15.9 Å². The largest absolute Gasteiger partial charge is 0.380 e. The third-order valence-electron chi connectivity index (χ3n) is 2.13. The van der Waals surface area contributed by atoms with Crippen molar-refractivity contribution < 1.29 is 13.2 Å². The molecule has 0 heterocycles. The zero-order chi connectivity index (χ0) is 13.4. The van der Waals surface area contributed by atoms with Crippen LogP contribution in [0.5, 0.6) is 0 Å². The van der Waals surface area contributed by atoms with Gasteiger partial charge in [-0.3, -0.25) is 0 Å². The quantitative estimate of drug-likeness (QED) is 0.586. The van der Waals surface area contributed by atoms with Crippen LogP contribution in [0.15, 0.2) is 46.3 Å². The number of rotatable bonds is 8. The zero-order valence-corrected chi connectivity index (χ0v) is 12.3. The van der Waals surface area contributed by atoms with Crippen LogP contribution in [0.2, 0.25) is 0 Å². The monoisotopic (exact) mass is 333 g/mol. The normalized spacial score (nSPS) is 11.4. The topological polar surface area (TPSA) is 55.4 Å². The second-order valence-corrected chi connectivity index (χ2v) is 6.22. The third kappa shape index (κ3) is 5.30. The van der Waals surface area contributed by atoms with Crippen molar-refractivity contribution in [1.29, 1.82) is 0 Å². The van der Waals surface area contributed by atoms with E-state index < -0.39 is 10.0 Å². The Kier molecular flexibility index (Phi) is 6.56. The molecule has 0 amide bonds. The van der Waals surface area contributed by atoms with Gasteiger partial charge in [0.2, 0.25) is 10.0 Å². The Morgan fingerprint density at radius 2 is 1.94 bits per heavy atom. The number of nitrogens with one attached hydrogen (secondary N) is 1. The molecule has 6 heteroatoms. The lowest BCUT2D eigenvalue weighted by molar-refractivity contribution is 0.144. The molecule has 0 spiro atoms. The van der Waals surface area contributed by atoms with E-state index in [1.54, 1.807) is 30.3 Å². The van der Waals surface area contributed by atoms with Gasteiger partial charge in [0.05, 0.1) is 18.1 Å². The highest BCUT2D eigenvalue weighted by Gasteiger charge is 2.12. The Labute approximate surface area is 116 Å². The van der Waals surface area contributed by atoms with Gasteiger partial charge in [0.1, 0.15) is 0 Å². The van der Waals surface area contributed by atoms with Gasteiger partial charge in [-0.05, 0) is 30.7 Å². The van der Waals surface area contributed by atoms with E-state index in [-0.39, 0.29) is 11.4 Å². The van der Waals surface area contributed by atoms with E-state index in [1.165, 1.54) is 0 Å². The maximum absolute atomic E-state index is 11.8. The molecule has 0 aromatic heterocycles. The van der Waals surface area contributed by atoms with Crippen molar-refractivity contribution in [2.24, 2.45) is 0 Å². The summed E-state index contributed by atoms with van der Waals surface area (Å²) in [6.07, 6.45) is 2.52. The van der Waals surface area contributed by atoms with Crippen molar-refractivity contribution >= 4 is 26.0 Å². The second kappa shape index (κ2) is 7.68. The average Bonchev–Trinajstić information content (AvgIpc) is 2.34. The maximum atomic E-state index is 11.8. The SMILES string of the molecule is C=CCCOCCNS(=O)(=O)c1ccc(Br)cc1. The van der Waals surface area contributed by atoms with Crippen molar-refractivity contribution in [3.05, 3.63) is 41.4 Å².